The molecule has 0 N–H and O–H groups in total. The highest BCUT2D eigenvalue weighted by Crippen LogP contribution is 2.28. The Labute approximate surface area is 117 Å². The SMILES string of the molecule is CCCCCCCOc1ccc(C(=O)[O-])cc1[N+](=O)[O-]. The van der Waals surface area contributed by atoms with Crippen molar-refractivity contribution in [2.24, 2.45) is 0 Å². The number of carbonyl (C=O) groups is 1. The van der Waals surface area contributed by atoms with Crippen LogP contribution in [0.3, 0.4) is 0 Å². The zero-order chi connectivity index (χ0) is 15.0. The molecule has 0 fully saturated rings. The van der Waals surface area contributed by atoms with Gasteiger partial charge in [-0.1, -0.05) is 32.6 Å². The van der Waals surface area contributed by atoms with Crippen molar-refractivity contribution in [1.82, 2.24) is 0 Å². The molecule has 0 aromatic heterocycles. The number of hydrogen-bond acceptors (Lipinski definition) is 5. The van der Waals surface area contributed by atoms with Crippen molar-refractivity contribution in [3.8, 4) is 5.75 Å². The van der Waals surface area contributed by atoms with E-state index in [0.29, 0.717) is 6.61 Å². The topological polar surface area (TPSA) is 92.5 Å². The second-order valence-corrected chi connectivity index (χ2v) is 4.49. The number of rotatable bonds is 9. The highest BCUT2D eigenvalue weighted by atomic mass is 16.6. The molecule has 0 aliphatic heterocycles. The third kappa shape index (κ3) is 4.87. The molecule has 6 nitrogen and oxygen atoms in total. The monoisotopic (exact) mass is 280 g/mol. The first-order valence-electron chi connectivity index (χ1n) is 6.68. The molecule has 1 aromatic rings. The maximum absolute atomic E-state index is 10.9. The van der Waals surface area contributed by atoms with Crippen molar-refractivity contribution in [3.05, 3.63) is 33.9 Å². The maximum Gasteiger partial charge on any atom is 0.311 e. The molecule has 0 saturated heterocycles. The van der Waals surface area contributed by atoms with Crippen molar-refractivity contribution in [2.75, 3.05) is 6.61 Å². The van der Waals surface area contributed by atoms with Gasteiger partial charge in [-0.2, -0.15) is 0 Å². The Morgan fingerprint density at radius 1 is 1.25 bits per heavy atom. The molecule has 0 atom stereocenters. The van der Waals surface area contributed by atoms with Crippen LogP contribution in [0.1, 0.15) is 49.4 Å². The Balaban J connectivity index is 2.60. The fraction of sp³-hybridized carbons (Fsp3) is 0.500. The van der Waals surface area contributed by atoms with Crippen LogP contribution >= 0.6 is 0 Å². The van der Waals surface area contributed by atoms with Crippen molar-refractivity contribution >= 4 is 11.7 Å². The molecule has 6 heteroatoms. The molecule has 1 aromatic carbocycles. The second kappa shape index (κ2) is 8.14. The van der Waals surface area contributed by atoms with E-state index in [9.17, 15) is 20.0 Å². The fourth-order valence-electron chi connectivity index (χ4n) is 1.80. The summed E-state index contributed by atoms with van der Waals surface area (Å²) in [4.78, 5) is 20.9. The van der Waals surface area contributed by atoms with E-state index in [4.69, 9.17) is 4.74 Å². The molecular weight excluding hydrogens is 262 g/mol. The van der Waals surface area contributed by atoms with Crippen LogP contribution in [-0.4, -0.2) is 17.5 Å². The fourth-order valence-corrected chi connectivity index (χ4v) is 1.80. The van der Waals surface area contributed by atoms with E-state index >= 15 is 0 Å². The van der Waals surface area contributed by atoms with Crippen LogP contribution in [0.2, 0.25) is 0 Å². The van der Waals surface area contributed by atoms with Crippen molar-refractivity contribution < 1.29 is 19.6 Å². The number of benzene rings is 1. The second-order valence-electron chi connectivity index (χ2n) is 4.49. The number of nitro groups is 1. The zero-order valence-electron chi connectivity index (χ0n) is 11.5. The molecule has 0 unspecified atom stereocenters. The van der Waals surface area contributed by atoms with Gasteiger partial charge in [0.15, 0.2) is 5.75 Å². The van der Waals surface area contributed by atoms with Crippen LogP contribution in [0.25, 0.3) is 0 Å². The summed E-state index contributed by atoms with van der Waals surface area (Å²) in [6.07, 6.45) is 5.27. The lowest BCUT2D eigenvalue weighted by Gasteiger charge is -2.08. The van der Waals surface area contributed by atoms with Gasteiger partial charge in [0.25, 0.3) is 0 Å². The van der Waals surface area contributed by atoms with Crippen LogP contribution in [0.4, 0.5) is 5.69 Å². The van der Waals surface area contributed by atoms with E-state index in [1.807, 2.05) is 0 Å². The highest BCUT2D eigenvalue weighted by Gasteiger charge is 2.16. The Morgan fingerprint density at radius 3 is 2.55 bits per heavy atom. The van der Waals surface area contributed by atoms with Gasteiger partial charge in [0.2, 0.25) is 0 Å². The smallest absolute Gasteiger partial charge is 0.311 e. The van der Waals surface area contributed by atoms with E-state index in [1.165, 1.54) is 18.6 Å². The quantitative estimate of drug-likeness (QED) is 0.393. The van der Waals surface area contributed by atoms with Gasteiger partial charge < -0.3 is 14.6 Å². The minimum Gasteiger partial charge on any atom is -0.545 e. The van der Waals surface area contributed by atoms with E-state index in [-0.39, 0.29) is 17.0 Å². The Hall–Kier alpha value is -2.11. The summed E-state index contributed by atoms with van der Waals surface area (Å²) in [5, 5.41) is 21.6. The average molecular weight is 280 g/mol. The number of aromatic carboxylic acids is 1. The highest BCUT2D eigenvalue weighted by molar-refractivity contribution is 5.87. The predicted molar refractivity (Wildman–Crippen MR) is 71.7 cm³/mol. The van der Waals surface area contributed by atoms with Crippen molar-refractivity contribution in [2.45, 2.75) is 39.0 Å². The van der Waals surface area contributed by atoms with Gasteiger partial charge in [0.05, 0.1) is 17.5 Å². The Bertz CT molecular complexity index is 473. The molecule has 0 saturated carbocycles. The minimum absolute atomic E-state index is 0.0930. The molecule has 0 heterocycles. The van der Waals surface area contributed by atoms with Crippen LogP contribution in [0.5, 0.6) is 5.75 Å². The van der Waals surface area contributed by atoms with Gasteiger partial charge in [-0.3, -0.25) is 10.1 Å². The van der Waals surface area contributed by atoms with Crippen LogP contribution < -0.4 is 9.84 Å². The summed E-state index contributed by atoms with van der Waals surface area (Å²) >= 11 is 0. The summed E-state index contributed by atoms with van der Waals surface area (Å²) in [6.45, 7) is 2.51. The Morgan fingerprint density at radius 2 is 1.95 bits per heavy atom. The van der Waals surface area contributed by atoms with Crippen LogP contribution in [0, 0.1) is 10.1 Å². The largest absolute Gasteiger partial charge is 0.545 e. The molecule has 0 radical (unpaired) electrons. The van der Waals surface area contributed by atoms with Crippen LogP contribution in [-0.2, 0) is 0 Å². The third-order valence-electron chi connectivity index (χ3n) is 2.90. The lowest BCUT2D eigenvalue weighted by molar-refractivity contribution is -0.386. The first-order valence-corrected chi connectivity index (χ1v) is 6.68. The van der Waals surface area contributed by atoms with Gasteiger partial charge in [-0.25, -0.2) is 0 Å². The zero-order valence-corrected chi connectivity index (χ0v) is 11.5. The van der Waals surface area contributed by atoms with Crippen molar-refractivity contribution in [1.29, 1.82) is 0 Å². The lowest BCUT2D eigenvalue weighted by Crippen LogP contribution is -2.22. The standard InChI is InChI=1S/C14H19NO5/c1-2-3-4-5-6-9-20-13-8-7-11(14(16)17)10-12(13)15(18)19/h7-8,10H,2-6,9H2,1H3,(H,16,17)/p-1. The number of nitro benzene ring substituents is 1. The summed E-state index contributed by atoms with van der Waals surface area (Å²) in [7, 11) is 0. The average Bonchev–Trinajstić information content (AvgIpc) is 2.42. The molecule has 1 rings (SSSR count). The van der Waals surface area contributed by atoms with E-state index in [1.54, 1.807) is 0 Å². The predicted octanol–water partition coefficient (Wildman–Crippen LogP) is 2.31. The normalized spacial score (nSPS) is 10.2. The lowest BCUT2D eigenvalue weighted by atomic mass is 10.1. The first-order chi connectivity index (χ1) is 9.56. The third-order valence-corrected chi connectivity index (χ3v) is 2.90. The molecule has 0 amide bonds. The summed E-state index contributed by atoms with van der Waals surface area (Å²) in [5.41, 5.74) is -0.577. The van der Waals surface area contributed by atoms with Gasteiger partial charge >= 0.3 is 5.69 Å². The number of hydrogen-bond donors (Lipinski definition) is 0. The summed E-state index contributed by atoms with van der Waals surface area (Å²) in [6, 6.07) is 3.51. The van der Waals surface area contributed by atoms with Gasteiger partial charge in [-0.15, -0.1) is 0 Å². The summed E-state index contributed by atoms with van der Waals surface area (Å²) < 4.78 is 5.36. The minimum atomic E-state index is -1.45. The van der Waals surface area contributed by atoms with E-state index in [0.717, 1.165) is 31.7 Å². The van der Waals surface area contributed by atoms with Crippen molar-refractivity contribution in [3.63, 3.8) is 0 Å². The van der Waals surface area contributed by atoms with Gasteiger partial charge in [0, 0.05) is 11.6 Å². The number of ether oxygens (including phenoxy) is 1. The van der Waals surface area contributed by atoms with E-state index < -0.39 is 10.9 Å². The number of unbranched alkanes of at least 4 members (excludes halogenated alkanes) is 4. The molecule has 20 heavy (non-hydrogen) atoms. The number of carboxylic acids is 1. The summed E-state index contributed by atoms with van der Waals surface area (Å²) in [5.74, 6) is -1.35. The molecular formula is C14H18NO5-. The van der Waals surface area contributed by atoms with Gasteiger partial charge in [-0.05, 0) is 18.6 Å². The van der Waals surface area contributed by atoms with E-state index in [2.05, 4.69) is 6.92 Å². The number of carboxylic acid groups (broad SMARTS) is 1. The Kier molecular flexibility index (Phi) is 6.49. The number of nitrogens with zero attached hydrogens (tertiary/aromatic N) is 1. The van der Waals surface area contributed by atoms with Crippen LogP contribution in [0.15, 0.2) is 18.2 Å². The molecule has 0 aliphatic rings. The van der Waals surface area contributed by atoms with Gasteiger partial charge in [0.1, 0.15) is 0 Å². The molecule has 0 spiro atoms. The number of carbonyl (C=O) groups excluding carboxylic acids is 1. The molecule has 0 bridgehead atoms. The molecule has 110 valence electrons. The first kappa shape index (κ1) is 15.9. The molecule has 0 aliphatic carbocycles. The maximum atomic E-state index is 10.9.